The Morgan fingerprint density at radius 1 is 1.32 bits per heavy atom. The Labute approximate surface area is 129 Å². The van der Waals surface area contributed by atoms with E-state index in [4.69, 9.17) is 4.74 Å². The first kappa shape index (κ1) is 15.3. The van der Waals surface area contributed by atoms with Gasteiger partial charge in [-0.2, -0.15) is 0 Å². The van der Waals surface area contributed by atoms with Crippen molar-refractivity contribution in [3.63, 3.8) is 0 Å². The number of amides is 1. The standard InChI is InChI=1S/C14H19N3O4S/c18-14(10-17-5-7-21-8-6-17)16-22(19,20)12-1-2-13-11(9-12)3-4-15-13/h1-2,9,15H,3-8,10H2,(H,16,18). The topological polar surface area (TPSA) is 87.7 Å². The van der Waals surface area contributed by atoms with Crippen LogP contribution in [0.25, 0.3) is 0 Å². The molecule has 7 nitrogen and oxygen atoms in total. The molecule has 2 aliphatic heterocycles. The summed E-state index contributed by atoms with van der Waals surface area (Å²) in [4.78, 5) is 14.0. The largest absolute Gasteiger partial charge is 0.384 e. The lowest BCUT2D eigenvalue weighted by molar-refractivity contribution is -0.121. The van der Waals surface area contributed by atoms with Crippen molar-refractivity contribution >= 4 is 21.6 Å². The molecular formula is C14H19N3O4S. The van der Waals surface area contributed by atoms with Crippen LogP contribution in [-0.4, -0.2) is 58.6 Å². The van der Waals surface area contributed by atoms with E-state index in [-0.39, 0.29) is 11.4 Å². The van der Waals surface area contributed by atoms with E-state index in [0.29, 0.717) is 26.3 Å². The van der Waals surface area contributed by atoms with Gasteiger partial charge in [-0.1, -0.05) is 0 Å². The van der Waals surface area contributed by atoms with Gasteiger partial charge in [0.2, 0.25) is 5.91 Å². The first-order valence-electron chi connectivity index (χ1n) is 7.27. The van der Waals surface area contributed by atoms with E-state index >= 15 is 0 Å². The maximum atomic E-state index is 12.3. The molecule has 1 fully saturated rings. The molecule has 2 N–H and O–H groups in total. The van der Waals surface area contributed by atoms with Crippen LogP contribution in [0.3, 0.4) is 0 Å². The van der Waals surface area contributed by atoms with Crippen LogP contribution in [0.4, 0.5) is 5.69 Å². The normalized spacial score (nSPS) is 18.5. The molecular weight excluding hydrogens is 306 g/mol. The summed E-state index contributed by atoms with van der Waals surface area (Å²) in [5, 5.41) is 3.17. The summed E-state index contributed by atoms with van der Waals surface area (Å²) < 4.78 is 31.9. The summed E-state index contributed by atoms with van der Waals surface area (Å²) in [6.45, 7) is 3.28. The van der Waals surface area contributed by atoms with E-state index in [1.165, 1.54) is 6.07 Å². The van der Waals surface area contributed by atoms with Gasteiger partial charge in [-0.05, 0) is 30.2 Å². The predicted molar refractivity (Wildman–Crippen MR) is 81.2 cm³/mol. The van der Waals surface area contributed by atoms with Crippen molar-refractivity contribution in [3.05, 3.63) is 23.8 Å². The average Bonchev–Trinajstić information content (AvgIpc) is 2.95. The summed E-state index contributed by atoms with van der Waals surface area (Å²) in [6, 6.07) is 4.88. The third kappa shape index (κ3) is 3.40. The molecule has 2 heterocycles. The summed E-state index contributed by atoms with van der Waals surface area (Å²) in [5.41, 5.74) is 1.92. The van der Waals surface area contributed by atoms with Crippen molar-refractivity contribution in [2.75, 3.05) is 44.7 Å². The number of hydrogen-bond donors (Lipinski definition) is 2. The van der Waals surface area contributed by atoms with Crippen molar-refractivity contribution in [1.82, 2.24) is 9.62 Å². The van der Waals surface area contributed by atoms with Gasteiger partial charge in [-0.15, -0.1) is 0 Å². The lowest BCUT2D eigenvalue weighted by Gasteiger charge is -2.25. The molecule has 0 radical (unpaired) electrons. The molecule has 1 saturated heterocycles. The highest BCUT2D eigenvalue weighted by molar-refractivity contribution is 7.90. The SMILES string of the molecule is O=C(CN1CCOCC1)NS(=O)(=O)c1ccc2c(c1)CCN2. The maximum Gasteiger partial charge on any atom is 0.264 e. The van der Waals surface area contributed by atoms with Crippen molar-refractivity contribution in [1.29, 1.82) is 0 Å². The van der Waals surface area contributed by atoms with Crippen molar-refractivity contribution in [2.45, 2.75) is 11.3 Å². The fraction of sp³-hybridized carbons (Fsp3) is 0.500. The minimum absolute atomic E-state index is 0.0646. The molecule has 1 aromatic rings. The van der Waals surface area contributed by atoms with Gasteiger partial charge in [0.15, 0.2) is 0 Å². The lowest BCUT2D eigenvalue weighted by atomic mass is 10.2. The van der Waals surface area contributed by atoms with Crippen LogP contribution < -0.4 is 10.0 Å². The summed E-state index contributed by atoms with van der Waals surface area (Å²) in [7, 11) is -3.82. The van der Waals surface area contributed by atoms with E-state index in [2.05, 4.69) is 10.0 Å². The van der Waals surface area contributed by atoms with Crippen LogP contribution in [0.2, 0.25) is 0 Å². The molecule has 1 aromatic carbocycles. The molecule has 0 atom stereocenters. The van der Waals surface area contributed by atoms with Gasteiger partial charge >= 0.3 is 0 Å². The Hall–Kier alpha value is -1.64. The minimum Gasteiger partial charge on any atom is -0.384 e. The number of fused-ring (bicyclic) bond motifs is 1. The third-order valence-corrected chi connectivity index (χ3v) is 5.19. The Kier molecular flexibility index (Phi) is 4.32. The van der Waals surface area contributed by atoms with Crippen LogP contribution in [0.15, 0.2) is 23.1 Å². The Morgan fingerprint density at radius 2 is 2.09 bits per heavy atom. The average molecular weight is 325 g/mol. The summed E-state index contributed by atoms with van der Waals surface area (Å²) in [5.74, 6) is -0.513. The molecule has 0 aromatic heterocycles. The zero-order valence-corrected chi connectivity index (χ0v) is 13.0. The smallest absolute Gasteiger partial charge is 0.264 e. The van der Waals surface area contributed by atoms with Crippen LogP contribution >= 0.6 is 0 Å². The van der Waals surface area contributed by atoms with Crippen molar-refractivity contribution < 1.29 is 17.9 Å². The van der Waals surface area contributed by atoms with E-state index in [1.54, 1.807) is 12.1 Å². The first-order chi connectivity index (χ1) is 10.5. The Morgan fingerprint density at radius 3 is 2.86 bits per heavy atom. The van der Waals surface area contributed by atoms with E-state index in [1.807, 2.05) is 4.90 Å². The fourth-order valence-corrected chi connectivity index (χ4v) is 3.68. The molecule has 0 saturated carbocycles. The quantitative estimate of drug-likeness (QED) is 0.797. The predicted octanol–water partition coefficient (Wildman–Crippen LogP) is -0.208. The molecule has 0 unspecified atom stereocenters. The molecule has 22 heavy (non-hydrogen) atoms. The monoisotopic (exact) mass is 325 g/mol. The molecule has 0 aliphatic carbocycles. The Bertz CT molecular complexity index is 669. The molecule has 120 valence electrons. The van der Waals surface area contributed by atoms with Gasteiger partial charge in [0, 0.05) is 25.3 Å². The number of ether oxygens (including phenoxy) is 1. The number of benzene rings is 1. The van der Waals surface area contributed by atoms with E-state index in [0.717, 1.165) is 24.2 Å². The number of carbonyl (C=O) groups is 1. The molecule has 2 aliphatic rings. The van der Waals surface area contributed by atoms with Gasteiger partial charge in [0.1, 0.15) is 0 Å². The second-order valence-corrected chi connectivity index (χ2v) is 7.10. The van der Waals surface area contributed by atoms with Crippen molar-refractivity contribution in [3.8, 4) is 0 Å². The number of morpholine rings is 1. The third-order valence-electron chi connectivity index (χ3n) is 3.82. The number of sulfonamides is 1. The zero-order chi connectivity index (χ0) is 15.6. The lowest BCUT2D eigenvalue weighted by Crippen LogP contribution is -2.44. The number of hydrogen-bond acceptors (Lipinski definition) is 6. The van der Waals surface area contributed by atoms with Gasteiger partial charge in [0.05, 0.1) is 24.7 Å². The van der Waals surface area contributed by atoms with Crippen LogP contribution in [0.1, 0.15) is 5.56 Å². The second kappa shape index (κ2) is 6.23. The van der Waals surface area contributed by atoms with Crippen LogP contribution in [0, 0.1) is 0 Å². The number of nitrogens with one attached hydrogen (secondary N) is 2. The number of carbonyl (C=O) groups excluding carboxylic acids is 1. The zero-order valence-electron chi connectivity index (χ0n) is 12.2. The van der Waals surface area contributed by atoms with Crippen LogP contribution in [0.5, 0.6) is 0 Å². The van der Waals surface area contributed by atoms with Crippen molar-refractivity contribution in [2.24, 2.45) is 0 Å². The van der Waals surface area contributed by atoms with E-state index in [9.17, 15) is 13.2 Å². The highest BCUT2D eigenvalue weighted by Gasteiger charge is 2.22. The highest BCUT2D eigenvalue weighted by atomic mass is 32.2. The van der Waals surface area contributed by atoms with Gasteiger partial charge < -0.3 is 10.1 Å². The number of rotatable bonds is 4. The second-order valence-electron chi connectivity index (χ2n) is 5.41. The molecule has 0 bridgehead atoms. The van der Waals surface area contributed by atoms with Gasteiger partial charge in [-0.3, -0.25) is 9.69 Å². The number of nitrogens with zero attached hydrogens (tertiary/aromatic N) is 1. The summed E-state index contributed by atoms with van der Waals surface area (Å²) >= 11 is 0. The van der Waals surface area contributed by atoms with Crippen LogP contribution in [-0.2, 0) is 26.0 Å². The van der Waals surface area contributed by atoms with Gasteiger partial charge in [0.25, 0.3) is 10.0 Å². The highest BCUT2D eigenvalue weighted by Crippen LogP contribution is 2.24. The molecule has 8 heteroatoms. The minimum atomic E-state index is -3.82. The van der Waals surface area contributed by atoms with Gasteiger partial charge in [-0.25, -0.2) is 13.1 Å². The Balaban J connectivity index is 1.66. The van der Waals surface area contributed by atoms with E-state index < -0.39 is 15.9 Å². The molecule has 3 rings (SSSR count). The maximum absolute atomic E-state index is 12.3. The summed E-state index contributed by atoms with van der Waals surface area (Å²) in [6.07, 6.45) is 0.792. The first-order valence-corrected chi connectivity index (χ1v) is 8.75. The molecule has 0 spiro atoms. The number of anilines is 1. The molecule has 1 amide bonds. The fourth-order valence-electron chi connectivity index (χ4n) is 2.65.